The summed E-state index contributed by atoms with van der Waals surface area (Å²) < 4.78 is 10.3. The summed E-state index contributed by atoms with van der Waals surface area (Å²) in [6, 6.07) is 14.2. The van der Waals surface area contributed by atoms with Crippen molar-refractivity contribution in [2.75, 3.05) is 0 Å². The van der Waals surface area contributed by atoms with Gasteiger partial charge in [0.1, 0.15) is 5.75 Å². The molecule has 1 fully saturated rings. The van der Waals surface area contributed by atoms with Crippen LogP contribution in [0.4, 0.5) is 0 Å². The van der Waals surface area contributed by atoms with Gasteiger partial charge in [0, 0.05) is 13.0 Å². The fraction of sp³-hybridized carbons (Fsp3) is 0.348. The number of hydrogen-bond acceptors (Lipinski definition) is 5. The number of rotatable bonds is 6. The Morgan fingerprint density at radius 2 is 1.48 bits per heavy atom. The van der Waals surface area contributed by atoms with Gasteiger partial charge in [0.25, 0.3) is 5.91 Å². The van der Waals surface area contributed by atoms with E-state index in [9.17, 15) is 14.4 Å². The molecule has 0 aromatic heterocycles. The van der Waals surface area contributed by atoms with Crippen molar-refractivity contribution in [3.05, 3.63) is 54.1 Å². The normalized spacial score (nSPS) is 14.8. The Labute approximate surface area is 170 Å². The van der Waals surface area contributed by atoms with Crippen molar-refractivity contribution in [3.8, 4) is 16.9 Å². The molecule has 0 spiro atoms. The van der Waals surface area contributed by atoms with Crippen molar-refractivity contribution in [1.82, 2.24) is 5.32 Å². The average molecular weight is 395 g/mol. The van der Waals surface area contributed by atoms with Crippen LogP contribution in [0.3, 0.4) is 0 Å². The van der Waals surface area contributed by atoms with Crippen molar-refractivity contribution < 1.29 is 23.9 Å². The molecule has 1 aliphatic carbocycles. The molecule has 1 saturated carbocycles. The Hall–Kier alpha value is -3.15. The lowest BCUT2D eigenvalue weighted by atomic mass is 10.0. The van der Waals surface area contributed by atoms with E-state index in [2.05, 4.69) is 5.32 Å². The molecule has 1 atom stereocenters. The van der Waals surface area contributed by atoms with Gasteiger partial charge in [-0.2, -0.15) is 0 Å². The van der Waals surface area contributed by atoms with Gasteiger partial charge in [-0.3, -0.25) is 9.59 Å². The predicted octanol–water partition coefficient (Wildman–Crippen LogP) is 3.88. The van der Waals surface area contributed by atoms with Gasteiger partial charge in [0.2, 0.25) is 0 Å². The Kier molecular flexibility index (Phi) is 6.65. The van der Waals surface area contributed by atoms with Crippen LogP contribution in [0.25, 0.3) is 11.1 Å². The van der Waals surface area contributed by atoms with E-state index < -0.39 is 12.1 Å². The van der Waals surface area contributed by atoms with Crippen LogP contribution < -0.4 is 10.1 Å². The van der Waals surface area contributed by atoms with Gasteiger partial charge in [-0.1, -0.05) is 37.1 Å². The average Bonchev–Trinajstić information content (AvgIpc) is 3.21. The maximum atomic E-state index is 12.3. The third-order valence-electron chi connectivity index (χ3n) is 4.92. The highest BCUT2D eigenvalue weighted by atomic mass is 16.5. The van der Waals surface area contributed by atoms with Crippen LogP contribution in [-0.4, -0.2) is 30.0 Å². The molecule has 6 nitrogen and oxygen atoms in total. The zero-order valence-corrected chi connectivity index (χ0v) is 16.6. The Morgan fingerprint density at radius 1 is 0.931 bits per heavy atom. The van der Waals surface area contributed by atoms with Crippen LogP contribution in [0, 0.1) is 0 Å². The van der Waals surface area contributed by atoms with E-state index in [0.29, 0.717) is 11.3 Å². The molecule has 0 bridgehead atoms. The maximum Gasteiger partial charge on any atom is 0.338 e. The summed E-state index contributed by atoms with van der Waals surface area (Å²) in [5.74, 6) is -0.677. The van der Waals surface area contributed by atoms with Crippen LogP contribution in [0.1, 0.15) is 49.9 Å². The fourth-order valence-corrected chi connectivity index (χ4v) is 3.35. The molecule has 3 rings (SSSR count). The highest BCUT2D eigenvalue weighted by molar-refractivity contribution is 5.92. The molecule has 1 amide bonds. The number of ether oxygens (including phenoxy) is 2. The maximum absolute atomic E-state index is 12.3. The summed E-state index contributed by atoms with van der Waals surface area (Å²) >= 11 is 0. The minimum Gasteiger partial charge on any atom is -0.449 e. The van der Waals surface area contributed by atoms with E-state index in [4.69, 9.17) is 9.47 Å². The first-order valence-corrected chi connectivity index (χ1v) is 9.82. The van der Waals surface area contributed by atoms with Crippen LogP contribution in [-0.2, 0) is 14.3 Å². The quantitative estimate of drug-likeness (QED) is 0.593. The number of nitrogens with one attached hydrogen (secondary N) is 1. The zero-order valence-electron chi connectivity index (χ0n) is 16.6. The molecular weight excluding hydrogens is 370 g/mol. The number of amides is 1. The standard InChI is InChI=1S/C23H25NO5/c1-15(22(26)24-20-5-3-4-6-20)28-23(27)19-9-7-17(8-10-19)18-11-13-21(14-12-18)29-16(2)25/h7-15,20H,3-6H2,1-2H3,(H,24,26)/t15-/m0/s1. The minimum absolute atomic E-state index is 0.190. The summed E-state index contributed by atoms with van der Waals surface area (Å²) in [5, 5.41) is 2.93. The molecule has 2 aromatic carbocycles. The van der Waals surface area contributed by atoms with Crippen molar-refractivity contribution in [2.45, 2.75) is 51.7 Å². The zero-order chi connectivity index (χ0) is 20.8. The number of esters is 2. The molecule has 6 heteroatoms. The monoisotopic (exact) mass is 395 g/mol. The Bertz CT molecular complexity index is 867. The van der Waals surface area contributed by atoms with E-state index in [-0.39, 0.29) is 17.9 Å². The molecule has 0 saturated heterocycles. The molecular formula is C23H25NO5. The van der Waals surface area contributed by atoms with Crippen molar-refractivity contribution >= 4 is 17.8 Å². The van der Waals surface area contributed by atoms with Gasteiger partial charge >= 0.3 is 11.9 Å². The highest BCUT2D eigenvalue weighted by Crippen LogP contribution is 2.23. The topological polar surface area (TPSA) is 81.7 Å². The molecule has 1 N–H and O–H groups in total. The van der Waals surface area contributed by atoms with Crippen molar-refractivity contribution in [3.63, 3.8) is 0 Å². The van der Waals surface area contributed by atoms with Gasteiger partial charge in [-0.05, 0) is 55.2 Å². The van der Waals surface area contributed by atoms with E-state index in [1.165, 1.54) is 6.92 Å². The second-order valence-electron chi connectivity index (χ2n) is 7.23. The molecule has 152 valence electrons. The number of benzene rings is 2. The minimum atomic E-state index is -0.836. The summed E-state index contributed by atoms with van der Waals surface area (Å²) in [6.45, 7) is 2.94. The molecule has 0 unspecified atom stereocenters. The molecule has 0 heterocycles. The molecule has 0 radical (unpaired) electrons. The molecule has 0 aliphatic heterocycles. The van der Waals surface area contributed by atoms with E-state index in [0.717, 1.165) is 36.8 Å². The van der Waals surface area contributed by atoms with Crippen LogP contribution in [0.5, 0.6) is 5.75 Å². The van der Waals surface area contributed by atoms with Gasteiger partial charge in [-0.15, -0.1) is 0 Å². The third-order valence-corrected chi connectivity index (χ3v) is 4.92. The van der Waals surface area contributed by atoms with Gasteiger partial charge in [0.05, 0.1) is 5.56 Å². The first-order chi connectivity index (χ1) is 13.9. The number of carbonyl (C=O) groups excluding carboxylic acids is 3. The second kappa shape index (κ2) is 9.37. The lowest BCUT2D eigenvalue weighted by Crippen LogP contribution is -2.40. The SMILES string of the molecule is CC(=O)Oc1ccc(-c2ccc(C(=O)O[C@@H](C)C(=O)NC3CCCC3)cc2)cc1. The van der Waals surface area contributed by atoms with E-state index in [1.807, 2.05) is 12.1 Å². The van der Waals surface area contributed by atoms with E-state index >= 15 is 0 Å². The largest absolute Gasteiger partial charge is 0.449 e. The summed E-state index contributed by atoms with van der Waals surface area (Å²) in [7, 11) is 0. The molecule has 29 heavy (non-hydrogen) atoms. The highest BCUT2D eigenvalue weighted by Gasteiger charge is 2.23. The second-order valence-corrected chi connectivity index (χ2v) is 7.23. The Balaban J connectivity index is 1.58. The van der Waals surface area contributed by atoms with Gasteiger partial charge < -0.3 is 14.8 Å². The van der Waals surface area contributed by atoms with Gasteiger partial charge in [0.15, 0.2) is 6.10 Å². The molecule has 2 aromatic rings. The first-order valence-electron chi connectivity index (χ1n) is 9.82. The predicted molar refractivity (Wildman–Crippen MR) is 108 cm³/mol. The van der Waals surface area contributed by atoms with Gasteiger partial charge in [-0.25, -0.2) is 4.79 Å². The first kappa shape index (κ1) is 20.6. The van der Waals surface area contributed by atoms with E-state index in [1.54, 1.807) is 43.3 Å². The lowest BCUT2D eigenvalue weighted by molar-refractivity contribution is -0.132. The van der Waals surface area contributed by atoms with Crippen molar-refractivity contribution in [1.29, 1.82) is 0 Å². The fourth-order valence-electron chi connectivity index (χ4n) is 3.35. The summed E-state index contributed by atoms with van der Waals surface area (Å²) in [4.78, 5) is 35.5. The smallest absolute Gasteiger partial charge is 0.338 e. The molecule has 1 aliphatic rings. The number of hydrogen-bond donors (Lipinski definition) is 1. The lowest BCUT2D eigenvalue weighted by Gasteiger charge is -2.17. The third kappa shape index (κ3) is 5.67. The number of carbonyl (C=O) groups is 3. The summed E-state index contributed by atoms with van der Waals surface area (Å²) in [6.07, 6.45) is 3.37. The van der Waals surface area contributed by atoms with Crippen LogP contribution >= 0.6 is 0 Å². The van der Waals surface area contributed by atoms with Crippen LogP contribution in [0.15, 0.2) is 48.5 Å². The van der Waals surface area contributed by atoms with Crippen LogP contribution in [0.2, 0.25) is 0 Å². The Morgan fingerprint density at radius 3 is 2.03 bits per heavy atom. The summed E-state index contributed by atoms with van der Waals surface area (Å²) in [5.41, 5.74) is 2.21. The van der Waals surface area contributed by atoms with Crippen molar-refractivity contribution in [2.24, 2.45) is 0 Å².